The Morgan fingerprint density at radius 2 is 1.88 bits per heavy atom. The number of rotatable bonds is 11. The number of thiophene rings is 1. The number of carbonyl (C=O) groups is 3. The molecule has 1 aliphatic heterocycles. The van der Waals surface area contributed by atoms with Crippen LogP contribution in [0.25, 0.3) is 0 Å². The van der Waals surface area contributed by atoms with Crippen LogP contribution in [-0.4, -0.2) is 65.3 Å². The van der Waals surface area contributed by atoms with Gasteiger partial charge in [-0.25, -0.2) is 0 Å². The molecule has 8 nitrogen and oxygen atoms in total. The number of ether oxygens (including phenoxy) is 1. The minimum Gasteiger partial charge on any atom is -0.503 e. The summed E-state index contributed by atoms with van der Waals surface area (Å²) >= 11 is 1.26. The summed E-state index contributed by atoms with van der Waals surface area (Å²) in [5, 5.41) is 12.5. The highest BCUT2D eigenvalue weighted by atomic mass is 32.1. The van der Waals surface area contributed by atoms with E-state index in [-0.39, 0.29) is 18.0 Å². The Morgan fingerprint density at radius 3 is 2.44 bits per heavy atom. The van der Waals surface area contributed by atoms with Gasteiger partial charge in [0.1, 0.15) is 5.75 Å². The molecule has 32 heavy (non-hydrogen) atoms. The Labute approximate surface area is 190 Å². The van der Waals surface area contributed by atoms with E-state index in [0.29, 0.717) is 29.3 Å². The van der Waals surface area contributed by atoms with Gasteiger partial charge in [-0.3, -0.25) is 14.4 Å². The van der Waals surface area contributed by atoms with Gasteiger partial charge in [0.15, 0.2) is 12.4 Å². The van der Waals surface area contributed by atoms with E-state index in [2.05, 4.69) is 4.90 Å². The van der Waals surface area contributed by atoms with Gasteiger partial charge >= 0.3 is 0 Å². The summed E-state index contributed by atoms with van der Waals surface area (Å²) in [6.45, 7) is 6.46. The van der Waals surface area contributed by atoms with E-state index in [1.54, 1.807) is 41.8 Å². The molecular formula is C23H27N3O5S. The number of Topliss-reactive ketones (excluding diaryl/α,β-unsaturated/α-hetero) is 1. The predicted molar refractivity (Wildman–Crippen MR) is 122 cm³/mol. The number of benzene rings is 1. The van der Waals surface area contributed by atoms with Crippen molar-refractivity contribution in [1.82, 2.24) is 9.80 Å². The minimum absolute atomic E-state index is 0.0720. The topological polar surface area (TPSA) is 113 Å². The van der Waals surface area contributed by atoms with Gasteiger partial charge in [-0.1, -0.05) is 32.0 Å². The van der Waals surface area contributed by atoms with Crippen LogP contribution in [0, 0.1) is 0 Å². The van der Waals surface area contributed by atoms with Crippen molar-refractivity contribution in [2.24, 2.45) is 5.73 Å². The zero-order valence-electron chi connectivity index (χ0n) is 18.1. The molecule has 1 aliphatic rings. The molecule has 0 spiro atoms. The predicted octanol–water partition coefficient (Wildman–Crippen LogP) is 2.53. The van der Waals surface area contributed by atoms with Crippen molar-refractivity contribution in [3.8, 4) is 5.75 Å². The number of amides is 2. The molecule has 0 saturated carbocycles. The first-order valence-electron chi connectivity index (χ1n) is 10.4. The zero-order valence-corrected chi connectivity index (χ0v) is 18.9. The number of nitrogens with zero attached hydrogens (tertiary/aromatic N) is 2. The Balaban J connectivity index is 1.95. The summed E-state index contributed by atoms with van der Waals surface area (Å²) in [4.78, 5) is 41.3. The molecule has 0 fully saturated rings. The van der Waals surface area contributed by atoms with Crippen LogP contribution < -0.4 is 10.5 Å². The average molecular weight is 458 g/mol. The van der Waals surface area contributed by atoms with Gasteiger partial charge in [-0.05, 0) is 42.2 Å². The molecule has 3 N–H and O–H groups in total. The van der Waals surface area contributed by atoms with E-state index in [1.807, 2.05) is 13.8 Å². The number of hydrogen-bond acceptors (Lipinski definition) is 7. The number of ketones is 1. The first-order valence-corrected chi connectivity index (χ1v) is 11.3. The number of nitrogens with two attached hydrogens (primary N) is 1. The van der Waals surface area contributed by atoms with Crippen molar-refractivity contribution in [2.75, 3.05) is 32.8 Å². The monoisotopic (exact) mass is 457 g/mol. The van der Waals surface area contributed by atoms with Gasteiger partial charge in [0, 0.05) is 13.1 Å². The number of aliphatic hydroxyl groups excluding tert-OH is 1. The van der Waals surface area contributed by atoms with Crippen molar-refractivity contribution >= 4 is 28.9 Å². The SMILES string of the molecule is CCN(CC)CCN1C(=O)C(O)=C(C(=O)c2cccs2)C1c1ccc(OCC(N)=O)cc1. The first kappa shape index (κ1) is 23.5. The van der Waals surface area contributed by atoms with Crippen molar-refractivity contribution in [3.63, 3.8) is 0 Å². The first-order chi connectivity index (χ1) is 15.4. The lowest BCUT2D eigenvalue weighted by atomic mass is 9.95. The largest absolute Gasteiger partial charge is 0.503 e. The highest BCUT2D eigenvalue weighted by molar-refractivity contribution is 7.12. The zero-order chi connectivity index (χ0) is 23.3. The second-order valence-electron chi connectivity index (χ2n) is 7.32. The van der Waals surface area contributed by atoms with Crippen molar-refractivity contribution in [3.05, 3.63) is 63.6 Å². The summed E-state index contributed by atoms with van der Waals surface area (Å²) in [5.41, 5.74) is 5.85. The van der Waals surface area contributed by atoms with Crippen LogP contribution in [0.3, 0.4) is 0 Å². The van der Waals surface area contributed by atoms with E-state index >= 15 is 0 Å². The lowest BCUT2D eigenvalue weighted by molar-refractivity contribution is -0.129. The fourth-order valence-electron chi connectivity index (χ4n) is 3.69. The molecule has 0 bridgehead atoms. The number of hydrogen-bond donors (Lipinski definition) is 2. The van der Waals surface area contributed by atoms with Crippen molar-refractivity contribution in [2.45, 2.75) is 19.9 Å². The molecule has 1 unspecified atom stereocenters. The number of primary amides is 1. The lowest BCUT2D eigenvalue weighted by Gasteiger charge is -2.29. The van der Waals surface area contributed by atoms with E-state index in [1.165, 1.54) is 16.2 Å². The summed E-state index contributed by atoms with van der Waals surface area (Å²) in [5.74, 6) is -1.59. The number of aliphatic hydroxyl groups is 1. The highest BCUT2D eigenvalue weighted by Gasteiger charge is 2.43. The van der Waals surface area contributed by atoms with Crippen molar-refractivity contribution < 1.29 is 24.2 Å². The van der Waals surface area contributed by atoms with Crippen molar-refractivity contribution in [1.29, 1.82) is 0 Å². The van der Waals surface area contributed by atoms with E-state index in [0.717, 1.165) is 13.1 Å². The quantitative estimate of drug-likeness (QED) is 0.502. The third-order valence-electron chi connectivity index (χ3n) is 5.42. The van der Waals surface area contributed by atoms with Crippen LogP contribution in [0.2, 0.25) is 0 Å². The maximum Gasteiger partial charge on any atom is 0.290 e. The Bertz CT molecular complexity index is 997. The number of likely N-dealkylation sites (N-methyl/N-ethyl adjacent to an activating group) is 1. The molecule has 1 aromatic heterocycles. The molecule has 3 rings (SSSR count). The third-order valence-corrected chi connectivity index (χ3v) is 6.29. The van der Waals surface area contributed by atoms with Crippen LogP contribution in [0.15, 0.2) is 53.1 Å². The summed E-state index contributed by atoms with van der Waals surface area (Å²) in [7, 11) is 0. The standard InChI is InChI=1S/C23H27N3O5S/c1-3-25(4-2)11-12-26-20(15-7-9-16(10-8-15)31-14-18(24)27)19(22(29)23(26)30)21(28)17-6-5-13-32-17/h5-10,13,20,29H,3-4,11-12,14H2,1-2H3,(H2,24,27). The molecule has 1 aromatic carbocycles. The molecular weight excluding hydrogens is 430 g/mol. The Hall–Kier alpha value is -3.17. The second kappa shape index (κ2) is 10.4. The van der Waals surface area contributed by atoms with Crippen LogP contribution >= 0.6 is 11.3 Å². The van der Waals surface area contributed by atoms with E-state index in [9.17, 15) is 19.5 Å². The smallest absolute Gasteiger partial charge is 0.290 e. The molecule has 170 valence electrons. The van der Waals surface area contributed by atoms with Crippen LogP contribution in [0.5, 0.6) is 5.75 Å². The van der Waals surface area contributed by atoms with Gasteiger partial charge in [0.25, 0.3) is 11.8 Å². The Morgan fingerprint density at radius 1 is 1.19 bits per heavy atom. The van der Waals surface area contributed by atoms with Gasteiger partial charge in [0.05, 0.1) is 16.5 Å². The summed E-state index contributed by atoms with van der Waals surface area (Å²) < 4.78 is 5.31. The third kappa shape index (κ3) is 5.00. The maximum atomic E-state index is 13.2. The van der Waals surface area contributed by atoms with Gasteiger partial charge in [-0.2, -0.15) is 0 Å². The van der Waals surface area contributed by atoms with Crippen LogP contribution in [-0.2, 0) is 9.59 Å². The van der Waals surface area contributed by atoms with Gasteiger partial charge in [0.2, 0.25) is 5.78 Å². The fraction of sp³-hybridized carbons (Fsp3) is 0.348. The van der Waals surface area contributed by atoms with Crippen LogP contribution in [0.4, 0.5) is 0 Å². The molecule has 0 radical (unpaired) electrons. The minimum atomic E-state index is -0.724. The average Bonchev–Trinajstić information content (AvgIpc) is 3.41. The molecule has 0 aliphatic carbocycles. The fourth-order valence-corrected chi connectivity index (χ4v) is 4.37. The number of carbonyl (C=O) groups excluding carboxylic acids is 3. The van der Waals surface area contributed by atoms with Crippen LogP contribution in [0.1, 0.15) is 35.1 Å². The van der Waals surface area contributed by atoms with E-state index < -0.39 is 23.6 Å². The molecule has 1 atom stereocenters. The summed E-state index contributed by atoms with van der Waals surface area (Å²) in [6.07, 6.45) is 0. The normalized spacial score (nSPS) is 16.2. The lowest BCUT2D eigenvalue weighted by Crippen LogP contribution is -2.38. The molecule has 9 heteroatoms. The van der Waals surface area contributed by atoms with Gasteiger partial charge < -0.3 is 25.4 Å². The maximum absolute atomic E-state index is 13.2. The van der Waals surface area contributed by atoms with Gasteiger partial charge in [-0.15, -0.1) is 11.3 Å². The molecule has 2 amide bonds. The highest BCUT2D eigenvalue weighted by Crippen LogP contribution is 2.39. The molecule has 0 saturated heterocycles. The summed E-state index contributed by atoms with van der Waals surface area (Å²) in [6, 6.07) is 9.44. The Kier molecular flexibility index (Phi) is 7.66. The second-order valence-corrected chi connectivity index (χ2v) is 8.27. The molecule has 2 heterocycles. The van der Waals surface area contributed by atoms with E-state index in [4.69, 9.17) is 10.5 Å². The molecule has 2 aromatic rings.